The number of alkyl halides is 4. The van der Waals surface area contributed by atoms with Crippen LogP contribution in [0.25, 0.3) is 11.0 Å². The first kappa shape index (κ1) is 37.6. The fourth-order valence-corrected chi connectivity index (χ4v) is 7.09. The molecule has 47 heavy (non-hydrogen) atoms. The first-order chi connectivity index (χ1) is 21.6. The number of aliphatic hydroxyl groups is 1. The second-order valence-corrected chi connectivity index (χ2v) is 22.9. The molecule has 4 atom stereocenters. The molecule has 0 radical (unpaired) electrons. The van der Waals surface area contributed by atoms with Gasteiger partial charge in [-0.05, 0) is 51.8 Å². The SMILES string of the molecule is CC(C)(C)[S@@](=O)/N=C/C(c1nc2ccc([C@@H](O)NC(=O)CC3CC(F)(F)C3)cc2n1COCC[Si](C)(C)C)[C@]1(C)CC(F)(F)CCO1. The molecule has 4 rings (SSSR count). The van der Waals surface area contributed by atoms with Crippen LogP contribution >= 0.6 is 0 Å². The number of ether oxygens (including phenoxy) is 2. The Hall–Kier alpha value is -2.20. The van der Waals surface area contributed by atoms with Crippen molar-refractivity contribution in [3.05, 3.63) is 29.6 Å². The number of hydrogen-bond donors (Lipinski definition) is 2. The van der Waals surface area contributed by atoms with E-state index in [1.807, 2.05) is 0 Å². The van der Waals surface area contributed by atoms with Gasteiger partial charge in [0, 0.05) is 58.6 Å². The van der Waals surface area contributed by atoms with Gasteiger partial charge in [0.15, 0.2) is 6.23 Å². The average molecular weight is 705 g/mol. The lowest BCUT2D eigenvalue weighted by atomic mass is 9.79. The van der Waals surface area contributed by atoms with E-state index >= 15 is 0 Å². The summed E-state index contributed by atoms with van der Waals surface area (Å²) >= 11 is 0. The quantitative estimate of drug-likeness (QED) is 0.0788. The number of imidazole rings is 1. The third-order valence-electron chi connectivity index (χ3n) is 8.56. The van der Waals surface area contributed by atoms with E-state index in [0.717, 1.165) is 6.04 Å². The molecule has 0 spiro atoms. The van der Waals surface area contributed by atoms with E-state index in [0.29, 0.717) is 29.0 Å². The molecular formula is C32H48F4N4O5SSi. The number of aromatic nitrogens is 2. The summed E-state index contributed by atoms with van der Waals surface area (Å²) in [6.07, 6.45) is -1.91. The van der Waals surface area contributed by atoms with Gasteiger partial charge in [0.1, 0.15) is 23.5 Å². The average Bonchev–Trinajstić information content (AvgIpc) is 3.25. The fourth-order valence-electron chi connectivity index (χ4n) is 5.78. The molecule has 1 unspecified atom stereocenters. The minimum atomic E-state index is -3.00. The highest BCUT2D eigenvalue weighted by Crippen LogP contribution is 2.45. The van der Waals surface area contributed by atoms with Crippen molar-refractivity contribution >= 4 is 42.2 Å². The molecule has 1 aromatic heterocycles. The molecule has 1 saturated carbocycles. The number of fused-ring (bicyclic) bond motifs is 1. The Bertz CT molecular complexity index is 1480. The summed E-state index contributed by atoms with van der Waals surface area (Å²) in [4.78, 5) is 17.3. The Labute approximate surface area is 277 Å². The van der Waals surface area contributed by atoms with E-state index in [-0.39, 0.29) is 32.6 Å². The van der Waals surface area contributed by atoms with Gasteiger partial charge in [0.05, 0.1) is 33.9 Å². The number of benzene rings is 1. The summed E-state index contributed by atoms with van der Waals surface area (Å²) in [5.74, 6) is -7.39. The highest BCUT2D eigenvalue weighted by molar-refractivity contribution is 7.85. The number of carbonyl (C=O) groups excluding carboxylic acids is 1. The zero-order valence-electron chi connectivity index (χ0n) is 28.2. The van der Waals surface area contributed by atoms with Crippen molar-refractivity contribution in [3.8, 4) is 0 Å². The Morgan fingerprint density at radius 1 is 1.26 bits per heavy atom. The minimum Gasteiger partial charge on any atom is -0.374 e. The molecule has 1 amide bonds. The third kappa shape index (κ3) is 9.93. The Balaban J connectivity index is 1.73. The number of hydrogen-bond acceptors (Lipinski definition) is 6. The lowest BCUT2D eigenvalue weighted by Gasteiger charge is -2.41. The predicted molar refractivity (Wildman–Crippen MR) is 177 cm³/mol. The first-order valence-electron chi connectivity index (χ1n) is 16.0. The van der Waals surface area contributed by atoms with Crippen molar-refractivity contribution < 1.29 is 41.1 Å². The summed E-state index contributed by atoms with van der Waals surface area (Å²) in [7, 11) is -3.14. The summed E-state index contributed by atoms with van der Waals surface area (Å²) in [5.41, 5.74) is -0.182. The number of rotatable bonds is 13. The van der Waals surface area contributed by atoms with Crippen LogP contribution in [0, 0.1) is 5.92 Å². The van der Waals surface area contributed by atoms with Crippen molar-refractivity contribution in [2.75, 3.05) is 13.2 Å². The maximum atomic E-state index is 14.9. The fraction of sp³-hybridized carbons (Fsp3) is 0.719. The topological polar surface area (TPSA) is 115 Å². The van der Waals surface area contributed by atoms with Crippen LogP contribution in [0.3, 0.4) is 0 Å². The molecule has 0 bridgehead atoms. The maximum absolute atomic E-state index is 14.9. The molecule has 1 aliphatic heterocycles. The van der Waals surface area contributed by atoms with Crippen LogP contribution in [0.1, 0.15) is 83.3 Å². The lowest BCUT2D eigenvalue weighted by Crippen LogP contribution is -2.48. The van der Waals surface area contributed by atoms with Gasteiger partial charge in [0.2, 0.25) is 11.8 Å². The van der Waals surface area contributed by atoms with Gasteiger partial charge in [-0.1, -0.05) is 25.7 Å². The van der Waals surface area contributed by atoms with Crippen LogP contribution in [-0.2, 0) is 32.0 Å². The monoisotopic (exact) mass is 704 g/mol. The van der Waals surface area contributed by atoms with Crippen molar-refractivity contribution in [3.63, 3.8) is 0 Å². The normalized spacial score (nSPS) is 23.8. The number of amides is 1. The summed E-state index contributed by atoms with van der Waals surface area (Å²) in [6, 6.07) is 5.70. The van der Waals surface area contributed by atoms with Gasteiger partial charge in [-0.15, -0.1) is 0 Å². The van der Waals surface area contributed by atoms with E-state index < -0.39 is 78.1 Å². The number of halogens is 4. The van der Waals surface area contributed by atoms with Gasteiger partial charge in [-0.25, -0.2) is 26.8 Å². The van der Waals surface area contributed by atoms with Gasteiger partial charge >= 0.3 is 0 Å². The number of nitrogens with zero attached hydrogens (tertiary/aromatic N) is 3. The van der Waals surface area contributed by atoms with E-state index in [4.69, 9.17) is 14.5 Å². The zero-order valence-corrected chi connectivity index (χ0v) is 30.1. The number of aliphatic hydroxyl groups excluding tert-OH is 1. The second-order valence-electron chi connectivity index (χ2n) is 15.3. The largest absolute Gasteiger partial charge is 0.374 e. The maximum Gasteiger partial charge on any atom is 0.253 e. The van der Waals surface area contributed by atoms with Crippen LogP contribution in [0.5, 0.6) is 0 Å². The molecule has 2 aromatic rings. The highest BCUT2D eigenvalue weighted by atomic mass is 32.2. The molecule has 264 valence electrons. The first-order valence-corrected chi connectivity index (χ1v) is 20.8. The lowest BCUT2D eigenvalue weighted by molar-refractivity contribution is -0.174. The van der Waals surface area contributed by atoms with Gasteiger partial charge in [-0.3, -0.25) is 4.79 Å². The number of carbonyl (C=O) groups is 1. The Morgan fingerprint density at radius 3 is 2.53 bits per heavy atom. The van der Waals surface area contributed by atoms with Crippen LogP contribution in [0.4, 0.5) is 17.6 Å². The van der Waals surface area contributed by atoms with Gasteiger partial charge < -0.3 is 24.5 Å². The summed E-state index contributed by atoms with van der Waals surface area (Å²) in [5, 5.41) is 13.4. The molecule has 1 aromatic carbocycles. The highest BCUT2D eigenvalue weighted by Gasteiger charge is 2.50. The van der Waals surface area contributed by atoms with E-state index in [1.54, 1.807) is 50.5 Å². The van der Waals surface area contributed by atoms with Gasteiger partial charge in [-0.2, -0.15) is 4.40 Å². The van der Waals surface area contributed by atoms with Crippen LogP contribution in [-0.4, -0.2) is 74.5 Å². The van der Waals surface area contributed by atoms with Crippen LogP contribution in [0.15, 0.2) is 22.6 Å². The Morgan fingerprint density at radius 2 is 1.94 bits per heavy atom. The second kappa shape index (κ2) is 14.0. The molecule has 1 saturated heterocycles. The Kier molecular flexibility index (Phi) is 11.2. The predicted octanol–water partition coefficient (Wildman–Crippen LogP) is 6.71. The van der Waals surface area contributed by atoms with Crippen molar-refractivity contribution in [2.24, 2.45) is 10.3 Å². The number of nitrogens with one attached hydrogen (secondary N) is 1. The molecule has 2 N–H and O–H groups in total. The summed E-state index contributed by atoms with van der Waals surface area (Å²) in [6.45, 7) is 13.8. The minimum absolute atomic E-state index is 0.00269. The van der Waals surface area contributed by atoms with Crippen molar-refractivity contribution in [1.82, 2.24) is 14.9 Å². The standard InChI is InChI=1S/C32H48F4N4O5SSi/c1-29(2,3)46(43)37-18-23(30(4)19-31(33,34)10-11-45-30)27-38-24-9-8-22(15-25(24)40(27)20-44-12-13-47(5,6)7)28(42)39-26(41)14-21-16-32(35,36)17-21/h8-9,15,18,21,23,28,42H,10-14,16-17,19-20H2,1-7H3,(H,39,41)/b37-18+/t23?,28-,30+,46-/m1/s1. The molecule has 1 aliphatic carbocycles. The van der Waals surface area contributed by atoms with Gasteiger partial charge in [0.25, 0.3) is 5.92 Å². The molecule has 2 heterocycles. The zero-order chi connectivity index (χ0) is 35.0. The van der Waals surface area contributed by atoms with Crippen LogP contribution in [0.2, 0.25) is 25.7 Å². The molecule has 2 fully saturated rings. The molecular weight excluding hydrogens is 657 g/mol. The van der Waals surface area contributed by atoms with E-state index in [2.05, 4.69) is 29.4 Å². The van der Waals surface area contributed by atoms with E-state index in [1.165, 1.54) is 6.21 Å². The molecule has 15 heteroatoms. The van der Waals surface area contributed by atoms with Crippen LogP contribution < -0.4 is 5.32 Å². The third-order valence-corrected chi connectivity index (χ3v) is 11.6. The smallest absolute Gasteiger partial charge is 0.253 e. The van der Waals surface area contributed by atoms with Crippen molar-refractivity contribution in [1.29, 1.82) is 0 Å². The molecule has 9 nitrogen and oxygen atoms in total. The summed E-state index contributed by atoms with van der Waals surface area (Å²) < 4.78 is 86.7. The van der Waals surface area contributed by atoms with Crippen molar-refractivity contribution in [2.45, 2.75) is 127 Å². The molecule has 2 aliphatic rings. The van der Waals surface area contributed by atoms with E-state index in [9.17, 15) is 31.7 Å².